The van der Waals surface area contributed by atoms with Crippen LogP contribution in [0.1, 0.15) is 0 Å². The van der Waals surface area contributed by atoms with Crippen LogP contribution >= 0.6 is 0 Å². The van der Waals surface area contributed by atoms with Crippen LogP contribution in [0.15, 0.2) is 176 Å². The molecule has 10 rings (SSSR count). The fraction of sp³-hybridized carbons (Fsp3) is 0. The van der Waals surface area contributed by atoms with Crippen LogP contribution in [0.2, 0.25) is 0 Å². The first-order chi connectivity index (χ1) is 23.3. The van der Waals surface area contributed by atoms with Crippen molar-refractivity contribution in [3.8, 4) is 28.2 Å². The van der Waals surface area contributed by atoms with E-state index in [1.165, 1.54) is 65.6 Å². The number of aromatic nitrogens is 3. The zero-order valence-corrected chi connectivity index (χ0v) is 25.6. The minimum atomic E-state index is 1.14. The molecule has 220 valence electrons. The van der Waals surface area contributed by atoms with Gasteiger partial charge in [0.25, 0.3) is 0 Å². The number of rotatable bonds is 4. The van der Waals surface area contributed by atoms with Crippen molar-refractivity contribution in [1.29, 1.82) is 0 Å². The minimum absolute atomic E-state index is 1.14. The van der Waals surface area contributed by atoms with E-state index in [1.807, 2.05) is 0 Å². The summed E-state index contributed by atoms with van der Waals surface area (Å²) in [5.74, 6) is 0. The second-order valence-corrected chi connectivity index (χ2v) is 12.3. The van der Waals surface area contributed by atoms with Crippen molar-refractivity contribution >= 4 is 54.5 Å². The molecule has 0 atom stereocenters. The highest BCUT2D eigenvalue weighted by Gasteiger charge is 2.17. The average Bonchev–Trinajstić information content (AvgIpc) is 3.81. The third-order valence-corrected chi connectivity index (χ3v) is 9.65. The molecule has 0 bridgehead atoms. The highest BCUT2D eigenvalue weighted by Crippen LogP contribution is 2.38. The SMILES string of the molecule is c1ccc(-c2ccc3c4ccccc4n(-c4cccc(-n5c6ccccc6c6cc7ccn(-c8ccccc8)c7cc65)c4)c3c2)cc1. The molecule has 3 nitrogen and oxygen atoms in total. The van der Waals surface area contributed by atoms with Gasteiger partial charge in [-0.05, 0) is 77.9 Å². The van der Waals surface area contributed by atoms with E-state index in [1.54, 1.807) is 0 Å². The largest absolute Gasteiger partial charge is 0.316 e. The quantitative estimate of drug-likeness (QED) is 0.191. The van der Waals surface area contributed by atoms with Crippen molar-refractivity contribution in [2.45, 2.75) is 0 Å². The second kappa shape index (κ2) is 10.1. The lowest BCUT2D eigenvalue weighted by Crippen LogP contribution is -1.99. The Morgan fingerprint density at radius 3 is 1.60 bits per heavy atom. The van der Waals surface area contributed by atoms with Gasteiger partial charge in [-0.3, -0.25) is 0 Å². The van der Waals surface area contributed by atoms with E-state index in [0.29, 0.717) is 0 Å². The Labute approximate surface area is 271 Å². The maximum absolute atomic E-state index is 2.43. The minimum Gasteiger partial charge on any atom is -0.316 e. The van der Waals surface area contributed by atoms with E-state index in [4.69, 9.17) is 0 Å². The van der Waals surface area contributed by atoms with Crippen LogP contribution in [-0.4, -0.2) is 13.7 Å². The molecule has 47 heavy (non-hydrogen) atoms. The summed E-state index contributed by atoms with van der Waals surface area (Å²) in [5, 5.41) is 6.26. The van der Waals surface area contributed by atoms with Crippen LogP contribution in [0.5, 0.6) is 0 Å². The van der Waals surface area contributed by atoms with E-state index < -0.39 is 0 Å². The highest BCUT2D eigenvalue weighted by atomic mass is 15.0. The molecule has 0 aliphatic rings. The van der Waals surface area contributed by atoms with E-state index >= 15 is 0 Å². The zero-order chi connectivity index (χ0) is 30.9. The van der Waals surface area contributed by atoms with Gasteiger partial charge in [-0.15, -0.1) is 0 Å². The molecule has 0 spiro atoms. The molecule has 3 heteroatoms. The number of hydrogen-bond acceptors (Lipinski definition) is 0. The molecular weight excluding hydrogens is 571 g/mol. The Balaban J connectivity index is 1.23. The Bertz CT molecular complexity index is 2780. The topological polar surface area (TPSA) is 14.8 Å². The van der Waals surface area contributed by atoms with Crippen LogP contribution in [-0.2, 0) is 0 Å². The average molecular weight is 600 g/mol. The van der Waals surface area contributed by atoms with Crippen molar-refractivity contribution in [3.63, 3.8) is 0 Å². The van der Waals surface area contributed by atoms with Crippen molar-refractivity contribution in [2.75, 3.05) is 0 Å². The third-order valence-electron chi connectivity index (χ3n) is 9.65. The molecule has 3 aromatic heterocycles. The molecular formula is C44H29N3. The summed E-state index contributed by atoms with van der Waals surface area (Å²) in [6, 6.07) is 61.6. The maximum Gasteiger partial charge on any atom is 0.0562 e. The number of para-hydroxylation sites is 3. The van der Waals surface area contributed by atoms with Gasteiger partial charge >= 0.3 is 0 Å². The predicted molar refractivity (Wildman–Crippen MR) is 197 cm³/mol. The van der Waals surface area contributed by atoms with Crippen molar-refractivity contribution < 1.29 is 0 Å². The van der Waals surface area contributed by atoms with Gasteiger partial charge in [0, 0.05) is 50.2 Å². The van der Waals surface area contributed by atoms with Crippen LogP contribution in [0.4, 0.5) is 0 Å². The Morgan fingerprint density at radius 2 is 0.872 bits per heavy atom. The van der Waals surface area contributed by atoms with Gasteiger partial charge in [0.2, 0.25) is 0 Å². The molecule has 0 saturated carbocycles. The summed E-state index contributed by atoms with van der Waals surface area (Å²) in [5.41, 5.74) is 11.9. The second-order valence-electron chi connectivity index (χ2n) is 12.3. The van der Waals surface area contributed by atoms with Crippen molar-refractivity contribution in [1.82, 2.24) is 13.7 Å². The third kappa shape index (κ3) is 3.93. The molecule has 0 saturated heterocycles. The molecule has 0 radical (unpaired) electrons. The van der Waals surface area contributed by atoms with E-state index in [9.17, 15) is 0 Å². The van der Waals surface area contributed by atoms with Gasteiger partial charge in [-0.1, -0.05) is 103 Å². The molecule has 0 unspecified atom stereocenters. The zero-order valence-electron chi connectivity index (χ0n) is 25.6. The number of fused-ring (bicyclic) bond motifs is 7. The van der Waals surface area contributed by atoms with Gasteiger partial charge in [-0.2, -0.15) is 0 Å². The Morgan fingerprint density at radius 1 is 0.298 bits per heavy atom. The Kier molecular flexibility index (Phi) is 5.57. The molecule has 3 heterocycles. The summed E-state index contributed by atoms with van der Waals surface area (Å²) in [7, 11) is 0. The molecule has 0 amide bonds. The fourth-order valence-electron chi connectivity index (χ4n) is 7.52. The van der Waals surface area contributed by atoms with Gasteiger partial charge < -0.3 is 13.7 Å². The molecule has 0 aliphatic heterocycles. The summed E-state index contributed by atoms with van der Waals surface area (Å²) in [6.45, 7) is 0. The number of hydrogen-bond donors (Lipinski definition) is 0. The van der Waals surface area contributed by atoms with E-state index in [-0.39, 0.29) is 0 Å². The highest BCUT2D eigenvalue weighted by molar-refractivity contribution is 6.14. The van der Waals surface area contributed by atoms with Crippen LogP contribution < -0.4 is 0 Å². The monoisotopic (exact) mass is 599 g/mol. The lowest BCUT2D eigenvalue weighted by atomic mass is 10.0. The van der Waals surface area contributed by atoms with Crippen LogP contribution in [0.3, 0.4) is 0 Å². The molecule has 0 N–H and O–H groups in total. The number of nitrogens with zero attached hydrogens (tertiary/aromatic N) is 3. The van der Waals surface area contributed by atoms with Crippen LogP contribution in [0, 0.1) is 0 Å². The lowest BCUT2D eigenvalue weighted by Gasteiger charge is -2.13. The summed E-state index contributed by atoms with van der Waals surface area (Å²) in [4.78, 5) is 0. The summed E-state index contributed by atoms with van der Waals surface area (Å²) in [6.07, 6.45) is 2.18. The van der Waals surface area contributed by atoms with E-state index in [0.717, 1.165) is 17.1 Å². The molecule has 10 aromatic rings. The van der Waals surface area contributed by atoms with Crippen LogP contribution in [0.25, 0.3) is 82.7 Å². The molecule has 0 aliphatic carbocycles. The first kappa shape index (κ1) is 26.0. The smallest absolute Gasteiger partial charge is 0.0562 e. The van der Waals surface area contributed by atoms with Crippen molar-refractivity contribution in [3.05, 3.63) is 176 Å². The van der Waals surface area contributed by atoms with Crippen molar-refractivity contribution in [2.24, 2.45) is 0 Å². The van der Waals surface area contributed by atoms with Gasteiger partial charge in [0.15, 0.2) is 0 Å². The first-order valence-corrected chi connectivity index (χ1v) is 16.1. The standard InChI is InChI=1S/C44H29N3/c1-3-12-30(13-4-1)31-22-23-38-36-18-7-9-20-40(36)46(43(38)27-31)34-16-11-17-35(28-34)47-41-21-10-8-19-37(41)39-26-32-24-25-45(42(32)29-44(39)47)33-14-5-2-6-15-33/h1-29H. The number of benzene rings is 7. The predicted octanol–water partition coefficient (Wildman–Crippen LogP) is 11.5. The van der Waals surface area contributed by atoms with E-state index in [2.05, 4.69) is 190 Å². The normalized spacial score (nSPS) is 11.8. The fourth-order valence-corrected chi connectivity index (χ4v) is 7.52. The first-order valence-electron chi connectivity index (χ1n) is 16.1. The summed E-state index contributed by atoms with van der Waals surface area (Å²) < 4.78 is 7.14. The molecule has 7 aromatic carbocycles. The van der Waals surface area contributed by atoms with Gasteiger partial charge in [-0.25, -0.2) is 0 Å². The van der Waals surface area contributed by atoms with Gasteiger partial charge in [0.1, 0.15) is 0 Å². The Hall–Kier alpha value is -6.32. The van der Waals surface area contributed by atoms with Gasteiger partial charge in [0.05, 0.1) is 27.6 Å². The maximum atomic E-state index is 2.43. The molecule has 0 fully saturated rings. The lowest BCUT2D eigenvalue weighted by molar-refractivity contribution is 1.12. The summed E-state index contributed by atoms with van der Waals surface area (Å²) >= 11 is 0.